The predicted octanol–water partition coefficient (Wildman–Crippen LogP) is 6.60. The van der Waals surface area contributed by atoms with Crippen LogP contribution in [0.1, 0.15) is 61.6 Å². The molecule has 0 spiro atoms. The van der Waals surface area contributed by atoms with Crippen LogP contribution in [-0.2, 0) is 22.7 Å². The van der Waals surface area contributed by atoms with E-state index in [1.54, 1.807) is 0 Å². The standard InChI is InChI=1S/C32H39N3O2/c1-4-29(25-15-9-6-10-16-25)32(37)35(22-24-13-7-5-8-14-24)23-27-21-28(19-20-30(27)34(2)3)33-31(36)26-17-11-12-18-26/h5-10,13-16,19-21,26,29H,4,11-12,17-18,22-23H2,1-3H3,(H,33,36)/t29-/m1/s1. The summed E-state index contributed by atoms with van der Waals surface area (Å²) in [5.74, 6) is 0.110. The summed E-state index contributed by atoms with van der Waals surface area (Å²) in [6.45, 7) is 3.05. The van der Waals surface area contributed by atoms with Crippen molar-refractivity contribution >= 4 is 23.2 Å². The second-order valence-electron chi connectivity index (χ2n) is 10.3. The highest BCUT2D eigenvalue weighted by Gasteiger charge is 2.26. The lowest BCUT2D eigenvalue weighted by Gasteiger charge is -2.29. The van der Waals surface area contributed by atoms with Crippen LogP contribution >= 0.6 is 0 Å². The summed E-state index contributed by atoms with van der Waals surface area (Å²) < 4.78 is 0. The van der Waals surface area contributed by atoms with E-state index in [1.165, 1.54) is 0 Å². The molecular weight excluding hydrogens is 458 g/mol. The van der Waals surface area contributed by atoms with Gasteiger partial charge in [-0.15, -0.1) is 0 Å². The van der Waals surface area contributed by atoms with Gasteiger partial charge < -0.3 is 15.1 Å². The lowest BCUT2D eigenvalue weighted by molar-refractivity contribution is -0.134. The molecule has 1 saturated carbocycles. The molecule has 3 aromatic rings. The second-order valence-corrected chi connectivity index (χ2v) is 10.3. The van der Waals surface area contributed by atoms with Gasteiger partial charge in [0.15, 0.2) is 0 Å². The maximum absolute atomic E-state index is 14.0. The van der Waals surface area contributed by atoms with Gasteiger partial charge in [0.25, 0.3) is 0 Å². The van der Waals surface area contributed by atoms with E-state index < -0.39 is 0 Å². The molecule has 37 heavy (non-hydrogen) atoms. The van der Waals surface area contributed by atoms with Crippen molar-refractivity contribution in [2.75, 3.05) is 24.3 Å². The van der Waals surface area contributed by atoms with E-state index in [9.17, 15) is 9.59 Å². The zero-order valence-electron chi connectivity index (χ0n) is 22.3. The SMILES string of the molecule is CC[C@@H](C(=O)N(Cc1ccccc1)Cc1cc(NC(=O)C2CCCC2)ccc1N(C)C)c1ccccc1. The predicted molar refractivity (Wildman–Crippen MR) is 152 cm³/mol. The maximum atomic E-state index is 14.0. The van der Waals surface area contributed by atoms with Crippen molar-refractivity contribution in [3.8, 4) is 0 Å². The number of hydrogen-bond acceptors (Lipinski definition) is 3. The molecule has 4 rings (SSSR count). The number of nitrogens with zero attached hydrogens (tertiary/aromatic N) is 2. The summed E-state index contributed by atoms with van der Waals surface area (Å²) in [7, 11) is 4.02. The number of carbonyl (C=O) groups is 2. The molecule has 5 heteroatoms. The molecule has 0 bridgehead atoms. The molecule has 5 nitrogen and oxygen atoms in total. The fraction of sp³-hybridized carbons (Fsp3) is 0.375. The Morgan fingerprint density at radius 1 is 0.892 bits per heavy atom. The Morgan fingerprint density at radius 3 is 2.16 bits per heavy atom. The number of amides is 2. The van der Waals surface area contributed by atoms with Crippen LogP contribution in [0.5, 0.6) is 0 Å². The normalized spacial score (nSPS) is 14.2. The summed E-state index contributed by atoms with van der Waals surface area (Å²) in [5.41, 5.74) is 4.98. The third-order valence-corrected chi connectivity index (χ3v) is 7.35. The number of benzene rings is 3. The fourth-order valence-electron chi connectivity index (χ4n) is 5.34. The summed E-state index contributed by atoms with van der Waals surface area (Å²) >= 11 is 0. The van der Waals surface area contributed by atoms with Crippen LogP contribution in [0.2, 0.25) is 0 Å². The van der Waals surface area contributed by atoms with E-state index in [1.807, 2.05) is 85.7 Å². The average Bonchev–Trinajstić information content (AvgIpc) is 3.45. The first kappa shape index (κ1) is 26.5. The van der Waals surface area contributed by atoms with Crippen molar-refractivity contribution < 1.29 is 9.59 Å². The highest BCUT2D eigenvalue weighted by atomic mass is 16.2. The second kappa shape index (κ2) is 12.6. The third-order valence-electron chi connectivity index (χ3n) is 7.35. The van der Waals surface area contributed by atoms with Crippen molar-refractivity contribution in [2.45, 2.75) is 58.0 Å². The largest absolute Gasteiger partial charge is 0.377 e. The molecule has 1 atom stereocenters. The van der Waals surface area contributed by atoms with Gasteiger partial charge in [-0.2, -0.15) is 0 Å². The van der Waals surface area contributed by atoms with Crippen LogP contribution in [0.4, 0.5) is 11.4 Å². The Bertz CT molecular complexity index is 1170. The molecule has 0 aromatic heterocycles. The first-order valence-corrected chi connectivity index (χ1v) is 13.4. The van der Waals surface area contributed by atoms with Gasteiger partial charge in [0.05, 0.1) is 5.92 Å². The summed E-state index contributed by atoms with van der Waals surface area (Å²) in [6, 6.07) is 26.2. The molecule has 0 unspecified atom stereocenters. The Kier molecular flexibility index (Phi) is 8.99. The molecule has 1 aliphatic carbocycles. The highest BCUT2D eigenvalue weighted by molar-refractivity contribution is 5.93. The van der Waals surface area contributed by atoms with Gasteiger partial charge in [-0.05, 0) is 54.2 Å². The lowest BCUT2D eigenvalue weighted by atomic mass is 9.94. The van der Waals surface area contributed by atoms with Crippen LogP contribution in [0.15, 0.2) is 78.9 Å². The molecular formula is C32H39N3O2. The summed E-state index contributed by atoms with van der Waals surface area (Å²) in [4.78, 5) is 30.9. The number of carbonyl (C=O) groups excluding carboxylic acids is 2. The molecule has 0 radical (unpaired) electrons. The monoisotopic (exact) mass is 497 g/mol. The number of hydrogen-bond donors (Lipinski definition) is 1. The summed E-state index contributed by atoms with van der Waals surface area (Å²) in [5, 5.41) is 3.14. The smallest absolute Gasteiger partial charge is 0.230 e. The van der Waals surface area contributed by atoms with E-state index in [0.29, 0.717) is 13.1 Å². The van der Waals surface area contributed by atoms with Gasteiger partial charge in [0, 0.05) is 44.5 Å². The van der Waals surface area contributed by atoms with Gasteiger partial charge in [0.2, 0.25) is 11.8 Å². The van der Waals surface area contributed by atoms with Gasteiger partial charge in [-0.25, -0.2) is 0 Å². The zero-order chi connectivity index (χ0) is 26.2. The minimum atomic E-state index is -0.210. The van der Waals surface area contributed by atoms with E-state index in [4.69, 9.17) is 0 Å². The number of rotatable bonds is 10. The van der Waals surface area contributed by atoms with Gasteiger partial charge in [-0.3, -0.25) is 9.59 Å². The van der Waals surface area contributed by atoms with Crippen LogP contribution in [0, 0.1) is 5.92 Å². The number of nitrogens with one attached hydrogen (secondary N) is 1. The van der Waals surface area contributed by atoms with Crippen molar-refractivity contribution in [1.29, 1.82) is 0 Å². The quantitative estimate of drug-likeness (QED) is 0.343. The van der Waals surface area contributed by atoms with E-state index in [2.05, 4.69) is 29.3 Å². The number of anilines is 2. The molecule has 1 N–H and O–H groups in total. The fourth-order valence-corrected chi connectivity index (χ4v) is 5.34. The van der Waals surface area contributed by atoms with E-state index in [-0.39, 0.29) is 23.7 Å². The van der Waals surface area contributed by atoms with Gasteiger partial charge in [0.1, 0.15) is 0 Å². The molecule has 1 fully saturated rings. The Balaban J connectivity index is 1.64. The minimum Gasteiger partial charge on any atom is -0.377 e. The van der Waals surface area contributed by atoms with Crippen molar-refractivity contribution in [3.05, 3.63) is 95.6 Å². The van der Waals surface area contributed by atoms with Gasteiger partial charge >= 0.3 is 0 Å². The minimum absolute atomic E-state index is 0.101. The van der Waals surface area contributed by atoms with Crippen LogP contribution in [-0.4, -0.2) is 30.8 Å². The summed E-state index contributed by atoms with van der Waals surface area (Å²) in [6.07, 6.45) is 4.91. The average molecular weight is 498 g/mol. The first-order chi connectivity index (χ1) is 18.0. The lowest BCUT2D eigenvalue weighted by Crippen LogP contribution is -2.34. The van der Waals surface area contributed by atoms with E-state index in [0.717, 1.165) is 60.2 Å². The van der Waals surface area contributed by atoms with Crippen molar-refractivity contribution in [3.63, 3.8) is 0 Å². The first-order valence-electron chi connectivity index (χ1n) is 13.4. The van der Waals surface area contributed by atoms with Crippen LogP contribution < -0.4 is 10.2 Å². The molecule has 2 amide bonds. The maximum Gasteiger partial charge on any atom is 0.230 e. The molecule has 0 heterocycles. The van der Waals surface area contributed by atoms with Crippen LogP contribution in [0.25, 0.3) is 0 Å². The topological polar surface area (TPSA) is 52.7 Å². The molecule has 1 aliphatic rings. The molecule has 0 saturated heterocycles. The third kappa shape index (κ3) is 6.79. The van der Waals surface area contributed by atoms with Gasteiger partial charge in [-0.1, -0.05) is 80.4 Å². The Labute approximate surface area is 221 Å². The van der Waals surface area contributed by atoms with E-state index >= 15 is 0 Å². The molecule has 0 aliphatic heterocycles. The Hall–Kier alpha value is -3.60. The molecule has 194 valence electrons. The van der Waals surface area contributed by atoms with Crippen molar-refractivity contribution in [2.24, 2.45) is 5.92 Å². The Morgan fingerprint density at radius 2 is 1.54 bits per heavy atom. The zero-order valence-corrected chi connectivity index (χ0v) is 22.3. The van der Waals surface area contributed by atoms with Crippen molar-refractivity contribution in [1.82, 2.24) is 4.90 Å². The molecule has 3 aromatic carbocycles. The van der Waals surface area contributed by atoms with Crippen LogP contribution in [0.3, 0.4) is 0 Å². The highest BCUT2D eigenvalue weighted by Crippen LogP contribution is 2.30.